The van der Waals surface area contributed by atoms with Gasteiger partial charge in [-0.05, 0) is 38.3 Å². The molecule has 1 amide bonds. The highest BCUT2D eigenvalue weighted by atomic mass is 32.2. The van der Waals surface area contributed by atoms with E-state index in [2.05, 4.69) is 19.2 Å². The SMILES string of the molecule is CC(=O)c1ccc(S(=O)(=O)N(C)CC(=O)N[C@@H](C)CCCC(C)C)cc1. The van der Waals surface area contributed by atoms with Crippen LogP contribution >= 0.6 is 0 Å². The Bertz CT molecular complexity index is 712. The largest absolute Gasteiger partial charge is 0.353 e. The molecule has 7 heteroatoms. The monoisotopic (exact) mass is 382 g/mol. The van der Waals surface area contributed by atoms with Crippen LogP contribution in [0.25, 0.3) is 0 Å². The van der Waals surface area contributed by atoms with Crippen molar-refractivity contribution in [1.29, 1.82) is 0 Å². The molecule has 0 aromatic heterocycles. The zero-order valence-electron chi connectivity index (χ0n) is 16.3. The number of sulfonamides is 1. The summed E-state index contributed by atoms with van der Waals surface area (Å²) in [7, 11) is -2.41. The van der Waals surface area contributed by atoms with Crippen LogP contribution in [0, 0.1) is 5.92 Å². The average Bonchev–Trinajstić information content (AvgIpc) is 2.54. The Kier molecular flexibility index (Phi) is 8.43. The number of Topliss-reactive ketones (excluding diaryl/α,β-unsaturated/α-hetero) is 1. The molecule has 26 heavy (non-hydrogen) atoms. The first-order chi connectivity index (χ1) is 12.0. The van der Waals surface area contributed by atoms with E-state index in [1.165, 1.54) is 38.2 Å². The van der Waals surface area contributed by atoms with E-state index in [0.717, 1.165) is 23.6 Å². The maximum Gasteiger partial charge on any atom is 0.243 e. The lowest BCUT2D eigenvalue weighted by Crippen LogP contribution is -2.41. The van der Waals surface area contributed by atoms with Gasteiger partial charge in [-0.25, -0.2) is 8.42 Å². The summed E-state index contributed by atoms with van der Waals surface area (Å²) < 4.78 is 26.1. The number of carbonyl (C=O) groups is 2. The van der Waals surface area contributed by atoms with Crippen molar-refractivity contribution < 1.29 is 18.0 Å². The summed E-state index contributed by atoms with van der Waals surface area (Å²) in [6.45, 7) is 7.42. The Morgan fingerprint density at radius 1 is 1.08 bits per heavy atom. The van der Waals surface area contributed by atoms with E-state index in [0.29, 0.717) is 11.5 Å². The maximum atomic E-state index is 12.5. The highest BCUT2D eigenvalue weighted by Gasteiger charge is 2.23. The van der Waals surface area contributed by atoms with E-state index in [1.54, 1.807) is 0 Å². The molecule has 0 bridgehead atoms. The Balaban J connectivity index is 2.63. The summed E-state index contributed by atoms with van der Waals surface area (Å²) in [4.78, 5) is 23.5. The topological polar surface area (TPSA) is 83.6 Å². The van der Waals surface area contributed by atoms with Crippen LogP contribution in [0.1, 0.15) is 57.3 Å². The molecule has 0 fully saturated rings. The fraction of sp³-hybridized carbons (Fsp3) is 0.579. The molecule has 6 nitrogen and oxygen atoms in total. The van der Waals surface area contributed by atoms with Gasteiger partial charge in [-0.2, -0.15) is 4.31 Å². The van der Waals surface area contributed by atoms with Crippen LogP contribution in [-0.2, 0) is 14.8 Å². The number of amides is 1. The predicted molar refractivity (Wildman–Crippen MR) is 103 cm³/mol. The first kappa shape index (κ1) is 22.3. The molecule has 146 valence electrons. The Labute approximate surface area is 157 Å². The summed E-state index contributed by atoms with van der Waals surface area (Å²) in [6.07, 6.45) is 2.99. The van der Waals surface area contributed by atoms with Gasteiger partial charge in [0.2, 0.25) is 15.9 Å². The lowest BCUT2D eigenvalue weighted by atomic mass is 10.0. The van der Waals surface area contributed by atoms with E-state index in [9.17, 15) is 18.0 Å². The molecule has 1 aromatic carbocycles. The van der Waals surface area contributed by atoms with Crippen LogP contribution in [0.5, 0.6) is 0 Å². The Morgan fingerprint density at radius 2 is 1.65 bits per heavy atom. The van der Waals surface area contributed by atoms with Gasteiger partial charge in [-0.3, -0.25) is 9.59 Å². The number of ketones is 1. The molecule has 1 rings (SSSR count). The van der Waals surface area contributed by atoms with Gasteiger partial charge in [0, 0.05) is 18.7 Å². The average molecular weight is 383 g/mol. The van der Waals surface area contributed by atoms with Crippen molar-refractivity contribution in [1.82, 2.24) is 9.62 Å². The van der Waals surface area contributed by atoms with Gasteiger partial charge in [0.1, 0.15) is 0 Å². The lowest BCUT2D eigenvalue weighted by molar-refractivity contribution is -0.121. The van der Waals surface area contributed by atoms with Crippen molar-refractivity contribution >= 4 is 21.7 Å². The second-order valence-corrected chi connectivity index (χ2v) is 9.18. The molecule has 1 N–H and O–H groups in total. The van der Waals surface area contributed by atoms with Crippen LogP contribution in [0.4, 0.5) is 0 Å². The zero-order valence-corrected chi connectivity index (χ0v) is 17.1. The standard InChI is InChI=1S/C19H30N2O4S/c1-14(2)7-6-8-15(3)20-19(23)13-21(5)26(24,25)18-11-9-17(10-12-18)16(4)22/h9-12,14-15H,6-8,13H2,1-5H3,(H,20,23)/t15-/m0/s1. The van der Waals surface area contributed by atoms with E-state index >= 15 is 0 Å². The van der Waals surface area contributed by atoms with E-state index in [4.69, 9.17) is 0 Å². The minimum atomic E-state index is -3.78. The van der Waals surface area contributed by atoms with Gasteiger partial charge in [-0.1, -0.05) is 38.8 Å². The summed E-state index contributed by atoms with van der Waals surface area (Å²) in [5.41, 5.74) is 0.444. The smallest absolute Gasteiger partial charge is 0.243 e. The number of hydrogen-bond donors (Lipinski definition) is 1. The van der Waals surface area contributed by atoms with Crippen LogP contribution in [0.2, 0.25) is 0 Å². The van der Waals surface area contributed by atoms with Gasteiger partial charge in [0.05, 0.1) is 11.4 Å². The Morgan fingerprint density at radius 3 is 2.15 bits per heavy atom. The molecule has 0 aliphatic heterocycles. The van der Waals surface area contributed by atoms with Crippen LogP contribution < -0.4 is 5.32 Å². The number of benzene rings is 1. The second-order valence-electron chi connectivity index (χ2n) is 7.13. The molecule has 1 aromatic rings. The number of nitrogens with zero attached hydrogens (tertiary/aromatic N) is 1. The van der Waals surface area contributed by atoms with Gasteiger partial charge in [0.15, 0.2) is 5.78 Å². The molecule has 0 saturated carbocycles. The molecule has 0 aliphatic carbocycles. The molecule has 0 saturated heterocycles. The van der Waals surface area contributed by atoms with Gasteiger partial charge < -0.3 is 5.32 Å². The fourth-order valence-corrected chi connectivity index (χ4v) is 3.68. The van der Waals surface area contributed by atoms with Gasteiger partial charge in [0.25, 0.3) is 0 Å². The number of likely N-dealkylation sites (N-methyl/N-ethyl adjacent to an activating group) is 1. The molecule has 0 heterocycles. The van der Waals surface area contributed by atoms with Gasteiger partial charge >= 0.3 is 0 Å². The molecular weight excluding hydrogens is 352 g/mol. The quantitative estimate of drug-likeness (QED) is 0.631. The maximum absolute atomic E-state index is 12.5. The van der Waals surface area contributed by atoms with E-state index < -0.39 is 10.0 Å². The zero-order chi connectivity index (χ0) is 19.9. The summed E-state index contributed by atoms with van der Waals surface area (Å²) in [6, 6.07) is 5.72. The molecule has 1 atom stereocenters. The number of rotatable bonds is 10. The minimum Gasteiger partial charge on any atom is -0.353 e. The number of hydrogen-bond acceptors (Lipinski definition) is 4. The summed E-state index contributed by atoms with van der Waals surface area (Å²) >= 11 is 0. The molecule has 0 spiro atoms. The van der Waals surface area contributed by atoms with Crippen molar-refractivity contribution in [3.8, 4) is 0 Å². The predicted octanol–water partition coefficient (Wildman–Crippen LogP) is 2.84. The number of nitrogens with one attached hydrogen (secondary N) is 1. The van der Waals surface area contributed by atoms with Gasteiger partial charge in [-0.15, -0.1) is 0 Å². The third-order valence-electron chi connectivity index (χ3n) is 4.16. The van der Waals surface area contributed by atoms with Crippen molar-refractivity contribution in [2.45, 2.75) is 57.9 Å². The molecule has 0 radical (unpaired) electrons. The van der Waals surface area contributed by atoms with Crippen molar-refractivity contribution in [2.75, 3.05) is 13.6 Å². The molecule has 0 unspecified atom stereocenters. The highest BCUT2D eigenvalue weighted by molar-refractivity contribution is 7.89. The summed E-state index contributed by atoms with van der Waals surface area (Å²) in [5.74, 6) is 0.171. The third kappa shape index (κ3) is 6.88. The minimum absolute atomic E-state index is 0.00667. The van der Waals surface area contributed by atoms with Crippen molar-refractivity contribution in [3.05, 3.63) is 29.8 Å². The van der Waals surface area contributed by atoms with Crippen LogP contribution in [-0.4, -0.2) is 44.0 Å². The Hall–Kier alpha value is -1.73. The third-order valence-corrected chi connectivity index (χ3v) is 5.98. The molecular formula is C19H30N2O4S. The highest BCUT2D eigenvalue weighted by Crippen LogP contribution is 2.15. The first-order valence-corrected chi connectivity index (χ1v) is 10.3. The first-order valence-electron chi connectivity index (χ1n) is 8.90. The second kappa shape index (κ2) is 9.83. The lowest BCUT2D eigenvalue weighted by Gasteiger charge is -2.19. The van der Waals surface area contributed by atoms with E-state index in [1.807, 2.05) is 6.92 Å². The normalized spacial score (nSPS) is 13.0. The van der Waals surface area contributed by atoms with E-state index in [-0.39, 0.29) is 29.2 Å². The number of carbonyl (C=O) groups excluding carboxylic acids is 2. The van der Waals surface area contributed by atoms with Crippen molar-refractivity contribution in [2.24, 2.45) is 5.92 Å². The van der Waals surface area contributed by atoms with Crippen molar-refractivity contribution in [3.63, 3.8) is 0 Å². The fourth-order valence-electron chi connectivity index (χ4n) is 2.55. The van der Waals surface area contributed by atoms with Crippen LogP contribution in [0.3, 0.4) is 0 Å². The van der Waals surface area contributed by atoms with Crippen LogP contribution in [0.15, 0.2) is 29.2 Å². The molecule has 0 aliphatic rings. The summed E-state index contributed by atoms with van der Waals surface area (Å²) in [5, 5.41) is 2.84.